The molecule has 180 valence electrons. The van der Waals surface area contributed by atoms with Gasteiger partial charge in [-0.3, -0.25) is 9.48 Å². The van der Waals surface area contributed by atoms with Crippen LogP contribution in [0.15, 0.2) is 58.7 Å². The second-order valence-electron chi connectivity index (χ2n) is 8.55. The van der Waals surface area contributed by atoms with Gasteiger partial charge in [0.1, 0.15) is 12.1 Å². The molecule has 0 spiro atoms. The Hall–Kier alpha value is -4.12. The number of hydrogen-bond donors (Lipinski definition) is 0. The minimum atomic E-state index is -0.130. The molecule has 3 aromatic heterocycles. The van der Waals surface area contributed by atoms with Crippen molar-refractivity contribution in [1.29, 1.82) is 10.5 Å². The number of nitrogens with zero attached hydrogens (tertiary/aromatic N) is 7. The van der Waals surface area contributed by atoms with Gasteiger partial charge in [0.05, 0.1) is 48.3 Å². The van der Waals surface area contributed by atoms with Crippen LogP contribution >= 0.6 is 11.8 Å². The van der Waals surface area contributed by atoms with Gasteiger partial charge in [-0.15, -0.1) is 0 Å². The summed E-state index contributed by atoms with van der Waals surface area (Å²) in [6, 6.07) is 13.9. The first-order valence-corrected chi connectivity index (χ1v) is 12.3. The molecule has 0 aliphatic carbocycles. The maximum Gasteiger partial charge on any atom is 0.219 e. The van der Waals surface area contributed by atoms with Crippen molar-refractivity contribution in [2.45, 2.75) is 36.3 Å². The van der Waals surface area contributed by atoms with E-state index >= 15 is 0 Å². The van der Waals surface area contributed by atoms with Crippen LogP contribution in [0.2, 0.25) is 0 Å². The van der Waals surface area contributed by atoms with Crippen molar-refractivity contribution < 1.29 is 9.53 Å². The summed E-state index contributed by atoms with van der Waals surface area (Å²) in [5, 5.41) is 28.2. The van der Waals surface area contributed by atoms with Crippen molar-refractivity contribution in [3.05, 3.63) is 65.7 Å². The van der Waals surface area contributed by atoms with E-state index in [0.717, 1.165) is 26.6 Å². The normalized spacial score (nSPS) is 15.6. The number of nitriles is 2. The molecule has 9 nitrogen and oxygen atoms in total. The topological polar surface area (TPSA) is 112 Å². The predicted octanol–water partition coefficient (Wildman–Crippen LogP) is 3.65. The number of fused-ring (bicyclic) bond motifs is 1. The molecule has 0 N–H and O–H groups in total. The third-order valence-electron chi connectivity index (χ3n) is 6.30. The molecule has 1 aliphatic heterocycles. The van der Waals surface area contributed by atoms with Crippen molar-refractivity contribution in [1.82, 2.24) is 24.3 Å². The number of carbonyl (C=O) groups excluding carboxylic acids is 1. The predicted molar refractivity (Wildman–Crippen MR) is 133 cm³/mol. The molecule has 0 unspecified atom stereocenters. The number of rotatable bonds is 5. The van der Waals surface area contributed by atoms with Gasteiger partial charge >= 0.3 is 0 Å². The van der Waals surface area contributed by atoms with E-state index in [1.807, 2.05) is 48.3 Å². The van der Waals surface area contributed by atoms with Gasteiger partial charge in [-0.2, -0.15) is 20.7 Å². The van der Waals surface area contributed by atoms with E-state index in [2.05, 4.69) is 22.3 Å². The van der Waals surface area contributed by atoms with Crippen LogP contribution in [0.3, 0.4) is 0 Å². The summed E-state index contributed by atoms with van der Waals surface area (Å²) in [5.74, 6) is 0.0495. The van der Waals surface area contributed by atoms with Gasteiger partial charge in [0.15, 0.2) is 0 Å². The van der Waals surface area contributed by atoms with Gasteiger partial charge in [-0.05, 0) is 25.1 Å². The van der Waals surface area contributed by atoms with E-state index in [9.17, 15) is 15.3 Å². The molecule has 36 heavy (non-hydrogen) atoms. The molecule has 0 saturated carbocycles. The summed E-state index contributed by atoms with van der Waals surface area (Å²) < 4.78 is 9.49. The lowest BCUT2D eigenvalue weighted by atomic mass is 10.1. The van der Waals surface area contributed by atoms with E-state index in [1.54, 1.807) is 28.6 Å². The second-order valence-corrected chi connectivity index (χ2v) is 9.63. The zero-order valence-corrected chi connectivity index (χ0v) is 20.7. The van der Waals surface area contributed by atoms with Crippen molar-refractivity contribution in [2.24, 2.45) is 0 Å². The Morgan fingerprint density at radius 3 is 2.75 bits per heavy atom. The summed E-state index contributed by atoms with van der Waals surface area (Å²) in [6.45, 7) is 5.78. The lowest BCUT2D eigenvalue weighted by Gasteiger charge is -2.32. The zero-order valence-electron chi connectivity index (χ0n) is 19.9. The maximum absolute atomic E-state index is 11.8. The van der Waals surface area contributed by atoms with Gasteiger partial charge in [-0.25, -0.2) is 4.52 Å². The highest BCUT2D eigenvalue weighted by Crippen LogP contribution is 2.37. The molecule has 1 atom stereocenters. The average molecular weight is 498 g/mol. The number of aromatic nitrogens is 4. The molecule has 1 aromatic carbocycles. The minimum Gasteiger partial charge on any atom is -0.373 e. The third-order valence-corrected chi connectivity index (χ3v) is 7.41. The molecule has 0 bridgehead atoms. The number of amides is 1. The molecule has 4 aromatic rings. The Morgan fingerprint density at radius 2 is 1.97 bits per heavy atom. The molecule has 1 amide bonds. The van der Waals surface area contributed by atoms with Crippen molar-refractivity contribution in [3.8, 4) is 23.3 Å². The van der Waals surface area contributed by atoms with E-state index in [0.29, 0.717) is 42.9 Å². The molecule has 5 rings (SSSR count). The average Bonchev–Trinajstić information content (AvgIpc) is 3.47. The van der Waals surface area contributed by atoms with Crippen LogP contribution in [-0.2, 0) is 16.1 Å². The van der Waals surface area contributed by atoms with E-state index in [1.165, 1.54) is 11.8 Å². The lowest BCUT2D eigenvalue weighted by molar-refractivity contribution is -0.136. The molecular formula is C26H23N7O2S. The van der Waals surface area contributed by atoms with Crippen LogP contribution in [-0.4, -0.2) is 56.0 Å². The van der Waals surface area contributed by atoms with E-state index in [-0.39, 0.29) is 12.0 Å². The van der Waals surface area contributed by atoms with Gasteiger partial charge in [0, 0.05) is 52.8 Å². The first-order chi connectivity index (χ1) is 17.5. The van der Waals surface area contributed by atoms with Crippen LogP contribution in [0.1, 0.15) is 23.7 Å². The Balaban J connectivity index is 1.51. The maximum atomic E-state index is 11.8. The molecule has 10 heteroatoms. The SMILES string of the molecule is CC(=O)N1CCO[C@H](Cn2ncc(-c3cc(Sc4ccccc4C#N)c4c(C#N)cnn4c3)c2C)C1. The molecule has 0 radical (unpaired) electrons. The number of benzene rings is 1. The first kappa shape index (κ1) is 23.6. The highest BCUT2D eigenvalue weighted by molar-refractivity contribution is 7.99. The van der Waals surface area contributed by atoms with Crippen LogP contribution in [0.4, 0.5) is 0 Å². The Bertz CT molecular complexity index is 1540. The van der Waals surface area contributed by atoms with Gasteiger partial charge in [-0.1, -0.05) is 23.9 Å². The van der Waals surface area contributed by atoms with Gasteiger partial charge in [0.2, 0.25) is 5.91 Å². The summed E-state index contributed by atoms with van der Waals surface area (Å²) >= 11 is 1.44. The summed E-state index contributed by atoms with van der Waals surface area (Å²) in [4.78, 5) is 15.2. The van der Waals surface area contributed by atoms with Crippen molar-refractivity contribution in [2.75, 3.05) is 19.7 Å². The minimum absolute atomic E-state index is 0.0495. The summed E-state index contributed by atoms with van der Waals surface area (Å²) in [5.41, 5.74) is 4.52. The fraction of sp³-hybridized carbons (Fsp3) is 0.269. The molecule has 4 heterocycles. The highest BCUT2D eigenvalue weighted by Gasteiger charge is 2.24. The summed E-state index contributed by atoms with van der Waals surface area (Å²) in [6.07, 6.45) is 5.12. The van der Waals surface area contributed by atoms with Crippen LogP contribution in [0.25, 0.3) is 16.6 Å². The fourth-order valence-corrected chi connectivity index (χ4v) is 5.47. The second kappa shape index (κ2) is 9.86. The highest BCUT2D eigenvalue weighted by atomic mass is 32.2. The van der Waals surface area contributed by atoms with Gasteiger partial charge in [0.25, 0.3) is 0 Å². The lowest BCUT2D eigenvalue weighted by Crippen LogP contribution is -2.46. The standard InChI is InChI=1S/C26H23N7O2S/c1-17-23(13-30-32(17)16-22-15-31(18(2)34)7-8-35-22)20-9-25(26-21(11-28)12-29-33(26)14-20)36-24-6-4-3-5-19(24)10-27/h3-6,9,12-14,22H,7-8,15-16H2,1-2H3/t22-/m0/s1. The van der Waals surface area contributed by atoms with Crippen molar-refractivity contribution >= 4 is 23.2 Å². The largest absolute Gasteiger partial charge is 0.373 e. The van der Waals surface area contributed by atoms with Crippen molar-refractivity contribution in [3.63, 3.8) is 0 Å². The fourth-order valence-electron chi connectivity index (χ4n) is 4.38. The Kier molecular flexibility index (Phi) is 6.47. The van der Waals surface area contributed by atoms with E-state index < -0.39 is 0 Å². The number of hydrogen-bond acceptors (Lipinski definition) is 7. The van der Waals surface area contributed by atoms with E-state index in [4.69, 9.17) is 4.74 Å². The number of pyridine rings is 1. The number of ether oxygens (including phenoxy) is 1. The quantitative estimate of drug-likeness (QED) is 0.414. The zero-order chi connectivity index (χ0) is 25.2. The Labute approximate surface area is 212 Å². The smallest absolute Gasteiger partial charge is 0.219 e. The molecule has 1 fully saturated rings. The Morgan fingerprint density at radius 1 is 1.17 bits per heavy atom. The molecule has 1 saturated heterocycles. The van der Waals surface area contributed by atoms with Crippen LogP contribution < -0.4 is 0 Å². The van der Waals surface area contributed by atoms with Gasteiger partial charge < -0.3 is 9.64 Å². The summed E-state index contributed by atoms with van der Waals surface area (Å²) in [7, 11) is 0. The molecule has 1 aliphatic rings. The van der Waals surface area contributed by atoms with Crippen LogP contribution in [0, 0.1) is 29.6 Å². The third kappa shape index (κ3) is 4.44. The number of carbonyl (C=O) groups is 1. The van der Waals surface area contributed by atoms with Crippen LogP contribution in [0.5, 0.6) is 0 Å². The first-order valence-electron chi connectivity index (χ1n) is 11.5. The monoisotopic (exact) mass is 497 g/mol. The number of morpholine rings is 1. The molecular weight excluding hydrogens is 474 g/mol.